The van der Waals surface area contributed by atoms with Gasteiger partial charge in [0.05, 0.1) is 0 Å². The number of hydrogen-bond acceptors (Lipinski definition) is 3. The highest BCUT2D eigenvalue weighted by Gasteiger charge is 2.48. The molecule has 2 N–H and O–H groups in total. The number of nitrogens with zero attached hydrogens (tertiary/aromatic N) is 1. The highest BCUT2D eigenvalue weighted by Crippen LogP contribution is 2.57. The van der Waals surface area contributed by atoms with E-state index in [9.17, 15) is 4.79 Å². The second kappa shape index (κ2) is 7.64. The van der Waals surface area contributed by atoms with E-state index in [1.165, 1.54) is 16.3 Å². The number of primary amides is 1. The summed E-state index contributed by atoms with van der Waals surface area (Å²) in [4.78, 5) is 14.6. The molecule has 1 heterocycles. The molecule has 1 saturated heterocycles. The number of hydrogen-bond donors (Lipinski definition) is 1. The molecule has 1 aliphatic carbocycles. The molecule has 5 rings (SSSR count). The van der Waals surface area contributed by atoms with Gasteiger partial charge in [0, 0.05) is 21.5 Å². The summed E-state index contributed by atoms with van der Waals surface area (Å²) in [6.07, 6.45) is 3.23. The summed E-state index contributed by atoms with van der Waals surface area (Å²) in [5.41, 5.74) is 9.62. The van der Waals surface area contributed by atoms with Gasteiger partial charge in [-0.25, -0.2) is 0 Å². The van der Waals surface area contributed by atoms with Gasteiger partial charge in [-0.3, -0.25) is 9.69 Å². The Morgan fingerprint density at radius 3 is 2.61 bits per heavy atom. The molecule has 1 amide bonds. The molecule has 0 bridgehead atoms. The molecule has 31 heavy (non-hydrogen) atoms. The summed E-state index contributed by atoms with van der Waals surface area (Å²) in [5, 5.41) is 2.47. The zero-order valence-corrected chi connectivity index (χ0v) is 19.5. The SMILES string of the molecule is Cc1c(C(N)=O)cc(OCC2CCN2C)cc1C1(c2cc(Br)cc3ccccc23)CC1. The molecular weight excluding hydrogens is 452 g/mol. The van der Waals surface area contributed by atoms with Gasteiger partial charge in [0.2, 0.25) is 5.91 Å². The second-order valence-electron chi connectivity index (χ2n) is 9.00. The Labute approximate surface area is 191 Å². The van der Waals surface area contributed by atoms with Gasteiger partial charge < -0.3 is 10.5 Å². The first-order chi connectivity index (χ1) is 14.9. The van der Waals surface area contributed by atoms with Crippen LogP contribution >= 0.6 is 15.9 Å². The molecule has 2 aliphatic rings. The fourth-order valence-electron chi connectivity index (χ4n) is 4.98. The number of carbonyl (C=O) groups excluding carboxylic acids is 1. The van der Waals surface area contributed by atoms with Gasteiger partial charge in [0.25, 0.3) is 0 Å². The first kappa shape index (κ1) is 20.5. The minimum Gasteiger partial charge on any atom is -0.492 e. The lowest BCUT2D eigenvalue weighted by molar-refractivity contribution is 0.0767. The van der Waals surface area contributed by atoms with Gasteiger partial charge in [0.1, 0.15) is 12.4 Å². The van der Waals surface area contributed by atoms with Crippen molar-refractivity contribution in [2.45, 2.75) is 37.6 Å². The number of likely N-dealkylation sites (N-methyl/N-ethyl adjacent to an activating group) is 1. The summed E-state index contributed by atoms with van der Waals surface area (Å²) >= 11 is 3.70. The van der Waals surface area contributed by atoms with Crippen LogP contribution in [0.4, 0.5) is 0 Å². The van der Waals surface area contributed by atoms with Crippen molar-refractivity contribution in [3.05, 3.63) is 75.3 Å². The van der Waals surface area contributed by atoms with Crippen molar-refractivity contribution in [2.75, 3.05) is 20.2 Å². The van der Waals surface area contributed by atoms with Crippen LogP contribution in [0, 0.1) is 6.92 Å². The first-order valence-corrected chi connectivity index (χ1v) is 11.6. The number of ether oxygens (including phenoxy) is 1. The Balaban J connectivity index is 1.61. The van der Waals surface area contributed by atoms with E-state index in [4.69, 9.17) is 10.5 Å². The van der Waals surface area contributed by atoms with Crippen LogP contribution in [0.1, 0.15) is 46.3 Å². The molecule has 0 spiro atoms. The summed E-state index contributed by atoms with van der Waals surface area (Å²) in [5.74, 6) is 0.333. The number of halogens is 1. The third kappa shape index (κ3) is 3.54. The quantitative estimate of drug-likeness (QED) is 0.531. The van der Waals surface area contributed by atoms with Gasteiger partial charge in [-0.1, -0.05) is 40.2 Å². The topological polar surface area (TPSA) is 55.6 Å². The lowest BCUT2D eigenvalue weighted by atomic mass is 9.81. The predicted octanol–water partition coefficient (Wildman–Crippen LogP) is 5.17. The number of likely N-dealkylation sites (tertiary alicyclic amines) is 1. The third-order valence-electron chi connectivity index (χ3n) is 7.14. The van der Waals surface area contributed by atoms with E-state index in [1.54, 1.807) is 0 Å². The maximum absolute atomic E-state index is 12.3. The van der Waals surface area contributed by atoms with Crippen molar-refractivity contribution in [1.82, 2.24) is 4.90 Å². The minimum absolute atomic E-state index is 0.121. The number of carbonyl (C=O) groups is 1. The third-order valence-corrected chi connectivity index (χ3v) is 7.59. The second-order valence-corrected chi connectivity index (χ2v) is 9.91. The fourth-order valence-corrected chi connectivity index (χ4v) is 5.45. The number of benzene rings is 3. The van der Waals surface area contributed by atoms with E-state index in [-0.39, 0.29) is 5.41 Å². The van der Waals surface area contributed by atoms with Crippen LogP contribution in [0.25, 0.3) is 10.8 Å². The van der Waals surface area contributed by atoms with Crippen LogP contribution in [-0.2, 0) is 5.41 Å². The van der Waals surface area contributed by atoms with E-state index in [0.29, 0.717) is 18.2 Å². The summed E-state index contributed by atoms with van der Waals surface area (Å²) in [7, 11) is 2.12. The Morgan fingerprint density at radius 1 is 1.19 bits per heavy atom. The molecule has 0 radical (unpaired) electrons. The molecule has 5 heteroatoms. The monoisotopic (exact) mass is 478 g/mol. The summed E-state index contributed by atoms with van der Waals surface area (Å²) in [6.45, 7) is 3.75. The van der Waals surface area contributed by atoms with Crippen molar-refractivity contribution < 1.29 is 9.53 Å². The van der Waals surface area contributed by atoms with Crippen molar-refractivity contribution in [2.24, 2.45) is 5.73 Å². The number of nitrogens with two attached hydrogens (primary N) is 1. The Hall–Kier alpha value is -2.37. The lowest BCUT2D eigenvalue weighted by Gasteiger charge is -2.37. The molecule has 3 aromatic rings. The molecular formula is C26H27BrN2O2. The first-order valence-electron chi connectivity index (χ1n) is 10.9. The van der Waals surface area contributed by atoms with Crippen LogP contribution < -0.4 is 10.5 Å². The highest BCUT2D eigenvalue weighted by molar-refractivity contribution is 9.10. The molecule has 2 fully saturated rings. The van der Waals surface area contributed by atoms with Gasteiger partial charge >= 0.3 is 0 Å². The van der Waals surface area contributed by atoms with E-state index < -0.39 is 5.91 Å². The smallest absolute Gasteiger partial charge is 0.249 e. The average Bonchev–Trinajstić information content (AvgIpc) is 3.54. The standard InChI is InChI=1S/C26H27BrN2O2/c1-16-22(25(28)30)13-20(31-15-19-7-10-29(19)2)14-23(16)26(8-9-26)24-12-18(27)11-17-5-3-4-6-21(17)24/h3-6,11-14,19H,7-10,15H2,1-2H3,(H2,28,30). The zero-order valence-electron chi connectivity index (χ0n) is 18.0. The lowest BCUT2D eigenvalue weighted by Crippen LogP contribution is -2.48. The van der Waals surface area contributed by atoms with Crippen LogP contribution in [0.5, 0.6) is 5.75 Å². The van der Waals surface area contributed by atoms with E-state index in [2.05, 4.69) is 70.3 Å². The normalized spacial score (nSPS) is 19.8. The van der Waals surface area contributed by atoms with Crippen molar-refractivity contribution in [1.29, 1.82) is 0 Å². The van der Waals surface area contributed by atoms with Gasteiger partial charge in [0.15, 0.2) is 0 Å². The van der Waals surface area contributed by atoms with Crippen molar-refractivity contribution >= 4 is 32.6 Å². The number of rotatable bonds is 6. The average molecular weight is 479 g/mol. The van der Waals surface area contributed by atoms with Crippen LogP contribution in [0.2, 0.25) is 0 Å². The molecule has 1 aliphatic heterocycles. The maximum Gasteiger partial charge on any atom is 0.249 e. The largest absolute Gasteiger partial charge is 0.492 e. The molecule has 1 unspecified atom stereocenters. The summed E-state index contributed by atoms with van der Waals surface area (Å²) in [6, 6.07) is 17.3. The van der Waals surface area contributed by atoms with Gasteiger partial charge in [-0.15, -0.1) is 0 Å². The molecule has 160 valence electrons. The Bertz CT molecular complexity index is 1190. The predicted molar refractivity (Wildman–Crippen MR) is 128 cm³/mol. The Morgan fingerprint density at radius 2 is 1.97 bits per heavy atom. The molecule has 1 atom stereocenters. The van der Waals surface area contributed by atoms with Crippen LogP contribution in [-0.4, -0.2) is 37.0 Å². The number of amides is 1. The molecule has 1 saturated carbocycles. The van der Waals surface area contributed by atoms with Crippen molar-refractivity contribution in [3.63, 3.8) is 0 Å². The van der Waals surface area contributed by atoms with E-state index >= 15 is 0 Å². The van der Waals surface area contributed by atoms with Crippen LogP contribution in [0.15, 0.2) is 53.0 Å². The minimum atomic E-state index is -0.403. The highest BCUT2D eigenvalue weighted by atomic mass is 79.9. The molecule has 0 aromatic heterocycles. The van der Waals surface area contributed by atoms with Gasteiger partial charge in [-0.05, 0) is 91.5 Å². The van der Waals surface area contributed by atoms with Gasteiger partial charge in [-0.2, -0.15) is 0 Å². The maximum atomic E-state index is 12.3. The van der Waals surface area contributed by atoms with E-state index in [1.807, 2.05) is 13.0 Å². The molecule has 4 nitrogen and oxygen atoms in total. The van der Waals surface area contributed by atoms with Crippen LogP contribution in [0.3, 0.4) is 0 Å². The summed E-state index contributed by atoms with van der Waals surface area (Å²) < 4.78 is 7.25. The zero-order chi connectivity index (χ0) is 21.8. The fraction of sp³-hybridized carbons (Fsp3) is 0.346. The van der Waals surface area contributed by atoms with Crippen molar-refractivity contribution in [3.8, 4) is 5.75 Å². The Kier molecular flexibility index (Phi) is 5.06. The van der Waals surface area contributed by atoms with E-state index in [0.717, 1.165) is 47.2 Å². The molecule has 3 aromatic carbocycles. The number of fused-ring (bicyclic) bond motifs is 1.